The number of aromatic nitrogens is 1. The van der Waals surface area contributed by atoms with E-state index in [0.29, 0.717) is 5.69 Å². The van der Waals surface area contributed by atoms with Gasteiger partial charge in [0, 0.05) is 18.1 Å². The van der Waals surface area contributed by atoms with E-state index >= 15 is 0 Å². The third-order valence-electron chi connectivity index (χ3n) is 2.57. The monoisotopic (exact) mass is 282 g/mol. The molecule has 2 amide bonds. The minimum absolute atomic E-state index is 0.563. The molecule has 106 valence electrons. The molecule has 0 radical (unpaired) electrons. The third-order valence-corrected chi connectivity index (χ3v) is 2.57. The van der Waals surface area contributed by atoms with E-state index in [-0.39, 0.29) is 0 Å². The van der Waals surface area contributed by atoms with Crippen LogP contribution in [0.1, 0.15) is 11.1 Å². The van der Waals surface area contributed by atoms with Crippen molar-refractivity contribution in [3.63, 3.8) is 0 Å². The molecule has 0 fully saturated rings. The second kappa shape index (κ2) is 6.95. The van der Waals surface area contributed by atoms with Gasteiger partial charge < -0.3 is 5.32 Å². The fourth-order valence-electron chi connectivity index (χ4n) is 1.58. The first-order valence-electron chi connectivity index (χ1n) is 6.26. The van der Waals surface area contributed by atoms with Crippen LogP contribution < -0.4 is 10.7 Å². The Kier molecular flexibility index (Phi) is 4.76. The average molecular weight is 282 g/mol. The topological polar surface area (TPSA) is 83.5 Å². The molecule has 0 saturated heterocycles. The van der Waals surface area contributed by atoms with Gasteiger partial charge in [0.25, 0.3) is 0 Å². The van der Waals surface area contributed by atoms with E-state index in [1.807, 2.05) is 13.0 Å². The summed E-state index contributed by atoms with van der Waals surface area (Å²) in [6.45, 7) is 1.90. The standard InChI is InChI=1S/C15H14N4O2/c1-11-3-2-4-13(9-11)18-14(20)15(21)19-17-10-12-5-7-16-8-6-12/h2-10H,1H3,(H,18,20)(H,19,21)/b17-10-. The zero-order valence-electron chi connectivity index (χ0n) is 11.4. The van der Waals surface area contributed by atoms with Crippen LogP contribution in [-0.2, 0) is 9.59 Å². The van der Waals surface area contributed by atoms with Gasteiger partial charge >= 0.3 is 11.8 Å². The summed E-state index contributed by atoms with van der Waals surface area (Å²) in [6.07, 6.45) is 4.64. The van der Waals surface area contributed by atoms with Crippen LogP contribution in [0.15, 0.2) is 53.9 Å². The maximum atomic E-state index is 11.7. The summed E-state index contributed by atoms with van der Waals surface area (Å²) in [4.78, 5) is 27.1. The molecule has 0 aliphatic rings. The van der Waals surface area contributed by atoms with Gasteiger partial charge in [-0.05, 0) is 42.3 Å². The number of aryl methyl sites for hydroxylation is 1. The Labute approximate surface area is 121 Å². The summed E-state index contributed by atoms with van der Waals surface area (Å²) < 4.78 is 0. The van der Waals surface area contributed by atoms with Crippen molar-refractivity contribution < 1.29 is 9.59 Å². The molecule has 0 aliphatic heterocycles. The molecule has 6 nitrogen and oxygen atoms in total. The van der Waals surface area contributed by atoms with Gasteiger partial charge in [0.15, 0.2) is 0 Å². The lowest BCUT2D eigenvalue weighted by atomic mass is 10.2. The first-order chi connectivity index (χ1) is 10.1. The summed E-state index contributed by atoms with van der Waals surface area (Å²) >= 11 is 0. The predicted octanol–water partition coefficient (Wildman–Crippen LogP) is 1.48. The normalized spacial score (nSPS) is 10.3. The Balaban J connectivity index is 1.88. The number of hydrazone groups is 1. The van der Waals surface area contributed by atoms with Gasteiger partial charge in [-0.2, -0.15) is 5.10 Å². The first kappa shape index (κ1) is 14.4. The Morgan fingerprint density at radius 1 is 1.14 bits per heavy atom. The molecule has 6 heteroatoms. The molecule has 0 aliphatic carbocycles. The Morgan fingerprint density at radius 3 is 2.62 bits per heavy atom. The highest BCUT2D eigenvalue weighted by Crippen LogP contribution is 2.08. The lowest BCUT2D eigenvalue weighted by Crippen LogP contribution is -2.32. The zero-order valence-corrected chi connectivity index (χ0v) is 11.4. The van der Waals surface area contributed by atoms with Crippen molar-refractivity contribution in [2.75, 3.05) is 5.32 Å². The van der Waals surface area contributed by atoms with Gasteiger partial charge in [0.2, 0.25) is 0 Å². The van der Waals surface area contributed by atoms with Gasteiger partial charge in [-0.3, -0.25) is 14.6 Å². The fraction of sp³-hybridized carbons (Fsp3) is 0.0667. The summed E-state index contributed by atoms with van der Waals surface area (Å²) in [7, 11) is 0. The number of anilines is 1. The average Bonchev–Trinajstić information content (AvgIpc) is 2.48. The van der Waals surface area contributed by atoms with E-state index in [2.05, 4.69) is 20.8 Å². The van der Waals surface area contributed by atoms with Crippen LogP contribution in [0.4, 0.5) is 5.69 Å². The molecule has 1 aromatic heterocycles. The van der Waals surface area contributed by atoms with Crippen LogP contribution in [0.2, 0.25) is 0 Å². The molecule has 2 N–H and O–H groups in total. The van der Waals surface area contributed by atoms with Crippen molar-refractivity contribution >= 4 is 23.7 Å². The SMILES string of the molecule is Cc1cccc(NC(=O)C(=O)N/N=C\c2ccncc2)c1. The highest BCUT2D eigenvalue weighted by atomic mass is 16.2. The van der Waals surface area contributed by atoms with Crippen molar-refractivity contribution in [2.24, 2.45) is 5.10 Å². The van der Waals surface area contributed by atoms with Gasteiger partial charge in [-0.15, -0.1) is 0 Å². The van der Waals surface area contributed by atoms with Gasteiger partial charge in [-0.25, -0.2) is 5.43 Å². The quantitative estimate of drug-likeness (QED) is 0.508. The summed E-state index contributed by atoms with van der Waals surface area (Å²) in [6, 6.07) is 10.6. The number of rotatable bonds is 3. The summed E-state index contributed by atoms with van der Waals surface area (Å²) in [5.41, 5.74) is 4.48. The fourth-order valence-corrected chi connectivity index (χ4v) is 1.58. The minimum Gasteiger partial charge on any atom is -0.318 e. The number of hydrogen-bond donors (Lipinski definition) is 2. The third kappa shape index (κ3) is 4.54. The molecule has 0 saturated carbocycles. The number of pyridine rings is 1. The number of carbonyl (C=O) groups is 2. The Hall–Kier alpha value is -3.02. The van der Waals surface area contributed by atoms with Crippen LogP contribution in [0.25, 0.3) is 0 Å². The largest absolute Gasteiger partial charge is 0.329 e. The molecule has 21 heavy (non-hydrogen) atoms. The maximum absolute atomic E-state index is 11.7. The number of hydrogen-bond acceptors (Lipinski definition) is 4. The molecule has 0 spiro atoms. The van der Waals surface area contributed by atoms with Gasteiger partial charge in [0.1, 0.15) is 0 Å². The molecule has 0 unspecified atom stereocenters. The zero-order chi connectivity index (χ0) is 15.1. The Bertz CT molecular complexity index is 668. The van der Waals surface area contributed by atoms with Gasteiger partial charge in [-0.1, -0.05) is 12.1 Å². The molecular weight excluding hydrogens is 268 g/mol. The lowest BCUT2D eigenvalue weighted by Gasteiger charge is -2.04. The highest BCUT2D eigenvalue weighted by molar-refractivity contribution is 6.39. The molecule has 0 atom stereocenters. The number of nitrogens with zero attached hydrogens (tertiary/aromatic N) is 2. The molecule has 1 aromatic carbocycles. The van der Waals surface area contributed by atoms with Crippen molar-refractivity contribution in [1.29, 1.82) is 0 Å². The number of carbonyl (C=O) groups excluding carboxylic acids is 2. The van der Waals surface area contributed by atoms with Crippen LogP contribution >= 0.6 is 0 Å². The van der Waals surface area contributed by atoms with Crippen molar-refractivity contribution in [2.45, 2.75) is 6.92 Å². The second-order valence-corrected chi connectivity index (χ2v) is 4.30. The molecule has 0 bridgehead atoms. The molecular formula is C15H14N4O2. The Morgan fingerprint density at radius 2 is 1.90 bits per heavy atom. The second-order valence-electron chi connectivity index (χ2n) is 4.30. The van der Waals surface area contributed by atoms with Crippen LogP contribution in [0.5, 0.6) is 0 Å². The first-order valence-corrected chi connectivity index (χ1v) is 6.26. The molecule has 1 heterocycles. The highest BCUT2D eigenvalue weighted by Gasteiger charge is 2.12. The summed E-state index contributed by atoms with van der Waals surface area (Å²) in [5.74, 6) is -1.60. The maximum Gasteiger partial charge on any atom is 0.329 e. The van der Waals surface area contributed by atoms with E-state index in [0.717, 1.165) is 11.1 Å². The van der Waals surface area contributed by atoms with Crippen LogP contribution in [0, 0.1) is 6.92 Å². The van der Waals surface area contributed by atoms with Crippen LogP contribution in [-0.4, -0.2) is 23.0 Å². The number of nitrogens with one attached hydrogen (secondary N) is 2. The van der Waals surface area contributed by atoms with Crippen molar-refractivity contribution in [3.8, 4) is 0 Å². The van der Waals surface area contributed by atoms with E-state index in [1.54, 1.807) is 42.7 Å². The van der Waals surface area contributed by atoms with E-state index < -0.39 is 11.8 Å². The minimum atomic E-state index is -0.832. The predicted molar refractivity (Wildman–Crippen MR) is 79.8 cm³/mol. The summed E-state index contributed by atoms with van der Waals surface area (Å²) in [5, 5.41) is 6.20. The number of amides is 2. The van der Waals surface area contributed by atoms with E-state index in [1.165, 1.54) is 6.21 Å². The molecule has 2 rings (SSSR count). The number of benzene rings is 1. The van der Waals surface area contributed by atoms with Gasteiger partial charge in [0.05, 0.1) is 6.21 Å². The lowest BCUT2D eigenvalue weighted by molar-refractivity contribution is -0.136. The van der Waals surface area contributed by atoms with E-state index in [4.69, 9.17) is 0 Å². The molecule has 2 aromatic rings. The smallest absolute Gasteiger partial charge is 0.318 e. The van der Waals surface area contributed by atoms with Crippen molar-refractivity contribution in [3.05, 3.63) is 59.9 Å². The van der Waals surface area contributed by atoms with Crippen molar-refractivity contribution in [1.82, 2.24) is 10.4 Å². The van der Waals surface area contributed by atoms with Crippen LogP contribution in [0.3, 0.4) is 0 Å². The van der Waals surface area contributed by atoms with E-state index in [9.17, 15) is 9.59 Å².